The standard InChI is InChI=1S/C20H21F2N3/c1-20(9-11-23)10-12-25(14-18(20)21)13-16-7-8-17(24-19(16)22)15-5-3-2-4-6-15/h2-8,18H,9-10,12-14H2,1H3. The molecule has 2 atom stereocenters. The highest BCUT2D eigenvalue weighted by molar-refractivity contribution is 5.58. The molecule has 5 heteroatoms. The van der Waals surface area contributed by atoms with Gasteiger partial charge in [-0.15, -0.1) is 0 Å². The molecule has 2 aromatic rings. The molecule has 1 fully saturated rings. The molecule has 0 spiro atoms. The van der Waals surface area contributed by atoms with Crippen LogP contribution in [0.2, 0.25) is 0 Å². The normalized spacial score (nSPS) is 24.0. The third kappa shape index (κ3) is 3.85. The van der Waals surface area contributed by atoms with E-state index in [1.807, 2.05) is 42.2 Å². The molecule has 25 heavy (non-hydrogen) atoms. The minimum Gasteiger partial charge on any atom is -0.296 e. The van der Waals surface area contributed by atoms with E-state index in [9.17, 15) is 8.78 Å². The minimum absolute atomic E-state index is 0.212. The molecule has 2 unspecified atom stereocenters. The van der Waals surface area contributed by atoms with Crippen LogP contribution in [0.1, 0.15) is 25.3 Å². The van der Waals surface area contributed by atoms with E-state index < -0.39 is 17.5 Å². The number of alkyl halides is 1. The van der Waals surface area contributed by atoms with Gasteiger partial charge in [0.15, 0.2) is 0 Å². The Morgan fingerprint density at radius 2 is 2.04 bits per heavy atom. The number of pyridine rings is 1. The van der Waals surface area contributed by atoms with Crippen LogP contribution in [0, 0.1) is 22.7 Å². The molecule has 0 amide bonds. The molecule has 0 aliphatic carbocycles. The van der Waals surface area contributed by atoms with Gasteiger partial charge in [-0.2, -0.15) is 9.65 Å². The number of hydrogen-bond acceptors (Lipinski definition) is 3. The Morgan fingerprint density at radius 1 is 1.28 bits per heavy atom. The number of nitriles is 1. The van der Waals surface area contributed by atoms with Crippen molar-refractivity contribution < 1.29 is 8.78 Å². The number of likely N-dealkylation sites (tertiary alicyclic amines) is 1. The second-order valence-corrected chi connectivity index (χ2v) is 6.95. The molecule has 0 radical (unpaired) electrons. The van der Waals surface area contributed by atoms with Gasteiger partial charge in [-0.3, -0.25) is 4.90 Å². The lowest BCUT2D eigenvalue weighted by Gasteiger charge is -2.40. The van der Waals surface area contributed by atoms with Gasteiger partial charge in [0.1, 0.15) is 6.17 Å². The Kier molecular flexibility index (Phi) is 5.10. The first-order valence-corrected chi connectivity index (χ1v) is 8.46. The average Bonchev–Trinajstić information content (AvgIpc) is 2.61. The summed E-state index contributed by atoms with van der Waals surface area (Å²) in [6.45, 7) is 3.02. The SMILES string of the molecule is CC1(CC#N)CCN(Cc2ccc(-c3ccccc3)nc2F)CC1F. The monoisotopic (exact) mass is 341 g/mol. The third-order valence-electron chi connectivity index (χ3n) is 5.05. The summed E-state index contributed by atoms with van der Waals surface area (Å²) in [4.78, 5) is 5.95. The summed E-state index contributed by atoms with van der Waals surface area (Å²) in [6.07, 6.45) is -0.275. The molecule has 3 nitrogen and oxygen atoms in total. The van der Waals surface area contributed by atoms with Crippen molar-refractivity contribution in [1.29, 1.82) is 5.26 Å². The molecule has 0 saturated carbocycles. The van der Waals surface area contributed by atoms with Gasteiger partial charge < -0.3 is 0 Å². The molecule has 1 aliphatic heterocycles. The smallest absolute Gasteiger partial charge is 0.217 e. The van der Waals surface area contributed by atoms with Crippen molar-refractivity contribution >= 4 is 0 Å². The van der Waals surface area contributed by atoms with Crippen molar-refractivity contribution in [3.8, 4) is 17.3 Å². The van der Waals surface area contributed by atoms with E-state index in [0.29, 0.717) is 30.8 Å². The summed E-state index contributed by atoms with van der Waals surface area (Å²) in [5.41, 5.74) is 1.32. The van der Waals surface area contributed by atoms with Gasteiger partial charge in [-0.05, 0) is 19.0 Å². The van der Waals surface area contributed by atoms with Crippen molar-refractivity contribution in [3.63, 3.8) is 0 Å². The Labute approximate surface area is 146 Å². The first-order chi connectivity index (χ1) is 12.0. The highest BCUT2D eigenvalue weighted by Crippen LogP contribution is 2.37. The van der Waals surface area contributed by atoms with Gasteiger partial charge in [0.25, 0.3) is 0 Å². The lowest BCUT2D eigenvalue weighted by Crippen LogP contribution is -2.47. The molecule has 2 heterocycles. The second-order valence-electron chi connectivity index (χ2n) is 6.95. The molecule has 1 aromatic heterocycles. The van der Waals surface area contributed by atoms with E-state index in [1.165, 1.54) is 0 Å². The van der Waals surface area contributed by atoms with Gasteiger partial charge in [0.05, 0.1) is 11.8 Å². The minimum atomic E-state index is -1.08. The van der Waals surface area contributed by atoms with Crippen molar-refractivity contribution in [2.24, 2.45) is 5.41 Å². The molecule has 0 N–H and O–H groups in total. The van der Waals surface area contributed by atoms with E-state index in [1.54, 1.807) is 12.1 Å². The van der Waals surface area contributed by atoms with Gasteiger partial charge in [0, 0.05) is 36.1 Å². The van der Waals surface area contributed by atoms with Gasteiger partial charge in [-0.25, -0.2) is 9.37 Å². The van der Waals surface area contributed by atoms with Gasteiger partial charge in [0.2, 0.25) is 5.95 Å². The predicted octanol–water partition coefficient (Wildman–Crippen LogP) is 4.35. The van der Waals surface area contributed by atoms with Crippen molar-refractivity contribution in [3.05, 3.63) is 54.0 Å². The molecule has 130 valence electrons. The summed E-state index contributed by atoms with van der Waals surface area (Å²) in [6, 6.07) is 15.0. The Morgan fingerprint density at radius 3 is 2.68 bits per heavy atom. The lowest BCUT2D eigenvalue weighted by atomic mass is 9.76. The highest BCUT2D eigenvalue weighted by atomic mass is 19.1. The van der Waals surface area contributed by atoms with Crippen LogP contribution >= 0.6 is 0 Å². The van der Waals surface area contributed by atoms with Crippen LogP contribution in [-0.4, -0.2) is 29.1 Å². The molecule has 1 saturated heterocycles. The first-order valence-electron chi connectivity index (χ1n) is 8.46. The summed E-state index contributed by atoms with van der Waals surface area (Å²) in [5.74, 6) is -0.512. The van der Waals surface area contributed by atoms with E-state index in [0.717, 1.165) is 5.56 Å². The first kappa shape index (κ1) is 17.5. The number of piperidine rings is 1. The summed E-state index contributed by atoms with van der Waals surface area (Å²) >= 11 is 0. The van der Waals surface area contributed by atoms with E-state index in [2.05, 4.69) is 11.1 Å². The zero-order valence-corrected chi connectivity index (χ0v) is 14.3. The summed E-state index contributed by atoms with van der Waals surface area (Å²) in [7, 11) is 0. The fourth-order valence-corrected chi connectivity index (χ4v) is 3.22. The van der Waals surface area contributed by atoms with Crippen LogP contribution in [0.15, 0.2) is 42.5 Å². The summed E-state index contributed by atoms with van der Waals surface area (Å²) in [5, 5.41) is 8.87. The average molecular weight is 341 g/mol. The molecular weight excluding hydrogens is 320 g/mol. The second kappa shape index (κ2) is 7.28. The van der Waals surface area contributed by atoms with E-state index in [-0.39, 0.29) is 13.0 Å². The van der Waals surface area contributed by atoms with Crippen LogP contribution in [-0.2, 0) is 6.54 Å². The quantitative estimate of drug-likeness (QED) is 0.776. The van der Waals surface area contributed by atoms with Gasteiger partial charge in [-0.1, -0.05) is 43.3 Å². The molecule has 0 bridgehead atoms. The van der Waals surface area contributed by atoms with Crippen molar-refractivity contribution in [2.75, 3.05) is 13.1 Å². The number of nitrogens with zero attached hydrogens (tertiary/aromatic N) is 3. The van der Waals surface area contributed by atoms with Crippen molar-refractivity contribution in [1.82, 2.24) is 9.88 Å². The van der Waals surface area contributed by atoms with Crippen LogP contribution in [0.5, 0.6) is 0 Å². The number of benzene rings is 1. The largest absolute Gasteiger partial charge is 0.296 e. The van der Waals surface area contributed by atoms with Crippen molar-refractivity contribution in [2.45, 2.75) is 32.5 Å². The number of halogens is 2. The number of rotatable bonds is 4. The third-order valence-corrected chi connectivity index (χ3v) is 5.05. The van der Waals surface area contributed by atoms with E-state index >= 15 is 0 Å². The number of hydrogen-bond donors (Lipinski definition) is 0. The van der Waals surface area contributed by atoms with Crippen LogP contribution in [0.4, 0.5) is 8.78 Å². The molecule has 1 aliphatic rings. The Bertz CT molecular complexity index is 772. The Hall–Kier alpha value is -2.32. The zero-order chi connectivity index (χ0) is 17.9. The van der Waals surface area contributed by atoms with Crippen LogP contribution in [0.3, 0.4) is 0 Å². The van der Waals surface area contributed by atoms with Crippen LogP contribution in [0.25, 0.3) is 11.3 Å². The molecule has 3 rings (SSSR count). The lowest BCUT2D eigenvalue weighted by molar-refractivity contribution is 0.0181. The van der Waals surface area contributed by atoms with Crippen LogP contribution < -0.4 is 0 Å². The number of aromatic nitrogens is 1. The van der Waals surface area contributed by atoms with Gasteiger partial charge >= 0.3 is 0 Å². The Balaban J connectivity index is 1.69. The zero-order valence-electron chi connectivity index (χ0n) is 14.3. The highest BCUT2D eigenvalue weighted by Gasteiger charge is 2.39. The maximum atomic E-state index is 14.5. The fourth-order valence-electron chi connectivity index (χ4n) is 3.22. The van der Waals surface area contributed by atoms with E-state index in [4.69, 9.17) is 5.26 Å². The molecular formula is C20H21F2N3. The topological polar surface area (TPSA) is 39.9 Å². The summed E-state index contributed by atoms with van der Waals surface area (Å²) < 4.78 is 28.8. The predicted molar refractivity (Wildman–Crippen MR) is 92.8 cm³/mol. The maximum absolute atomic E-state index is 14.5. The maximum Gasteiger partial charge on any atom is 0.217 e. The molecule has 1 aromatic carbocycles. The fraction of sp³-hybridized carbons (Fsp3) is 0.400.